The van der Waals surface area contributed by atoms with Gasteiger partial charge in [0.15, 0.2) is 0 Å². The lowest BCUT2D eigenvalue weighted by atomic mass is 9.94. The minimum Gasteiger partial charge on any atom is -0.368 e. The largest absolute Gasteiger partial charge is 0.368 e. The molecule has 0 saturated heterocycles. The Bertz CT molecular complexity index is 715. The molecule has 1 unspecified atom stereocenters. The normalized spacial score (nSPS) is 20.3. The molecule has 1 aromatic carbocycles. The summed E-state index contributed by atoms with van der Waals surface area (Å²) < 4.78 is 0. The van der Waals surface area contributed by atoms with Crippen LogP contribution in [-0.4, -0.2) is 66.6 Å². The van der Waals surface area contributed by atoms with E-state index in [0.717, 1.165) is 12.2 Å². The monoisotopic (exact) mass is 385 g/mol. The molecular weight excluding hydrogens is 354 g/mol. The van der Waals surface area contributed by atoms with Crippen LogP contribution in [0, 0.1) is 0 Å². The number of benzene rings is 1. The van der Waals surface area contributed by atoms with Crippen molar-refractivity contribution in [3.8, 4) is 0 Å². The molecule has 1 fully saturated rings. The molecule has 1 aromatic rings. The lowest BCUT2D eigenvalue weighted by Gasteiger charge is -2.32. The summed E-state index contributed by atoms with van der Waals surface area (Å²) in [6.07, 6.45) is 6.66. The quantitative estimate of drug-likeness (QED) is 0.776. The second-order valence-corrected chi connectivity index (χ2v) is 7.85. The smallest absolute Gasteiger partial charge is 0.269 e. The summed E-state index contributed by atoms with van der Waals surface area (Å²) in [5.74, 6) is -0.614. The predicted octanol–water partition coefficient (Wildman–Crippen LogP) is 1.83. The first kappa shape index (κ1) is 20.3. The molecule has 3 rings (SSSR count). The van der Waals surface area contributed by atoms with E-state index in [2.05, 4.69) is 17.0 Å². The lowest BCUT2D eigenvalue weighted by Crippen LogP contribution is -2.42. The highest BCUT2D eigenvalue weighted by Crippen LogP contribution is 2.25. The zero-order chi connectivity index (χ0) is 20.1. The number of anilines is 1. The average molecular weight is 386 g/mol. The number of amides is 2. The Morgan fingerprint density at radius 1 is 1.11 bits per heavy atom. The van der Waals surface area contributed by atoms with Crippen molar-refractivity contribution < 1.29 is 9.59 Å². The first-order valence-corrected chi connectivity index (χ1v) is 10.1. The fraction of sp³-hybridized carbons (Fsp3) is 0.571. The van der Waals surface area contributed by atoms with Gasteiger partial charge in [-0.2, -0.15) is 5.10 Å². The molecule has 7 nitrogen and oxygen atoms in total. The Kier molecular flexibility index (Phi) is 6.67. The third kappa shape index (κ3) is 4.70. The van der Waals surface area contributed by atoms with Gasteiger partial charge >= 0.3 is 0 Å². The Hall–Kier alpha value is -2.41. The molecule has 1 atom stereocenters. The van der Waals surface area contributed by atoms with Crippen molar-refractivity contribution in [2.45, 2.75) is 50.6 Å². The Balaban J connectivity index is 1.61. The molecule has 0 spiro atoms. The molecule has 152 valence electrons. The van der Waals surface area contributed by atoms with Crippen molar-refractivity contribution in [2.24, 2.45) is 10.8 Å². The van der Waals surface area contributed by atoms with E-state index in [1.54, 1.807) is 17.0 Å². The van der Waals surface area contributed by atoms with Gasteiger partial charge in [-0.1, -0.05) is 37.5 Å². The summed E-state index contributed by atoms with van der Waals surface area (Å²) in [4.78, 5) is 28.8. The molecular formula is C21H31N5O2. The Morgan fingerprint density at radius 3 is 2.43 bits per heavy atom. The summed E-state index contributed by atoms with van der Waals surface area (Å²) in [5, 5.41) is 6.01. The summed E-state index contributed by atoms with van der Waals surface area (Å²) in [5.41, 5.74) is 6.70. The number of hydrazone groups is 1. The van der Waals surface area contributed by atoms with Crippen LogP contribution in [0.4, 0.5) is 5.69 Å². The third-order valence-corrected chi connectivity index (χ3v) is 5.84. The van der Waals surface area contributed by atoms with E-state index in [-0.39, 0.29) is 12.3 Å². The molecule has 1 saturated carbocycles. The van der Waals surface area contributed by atoms with Crippen molar-refractivity contribution in [2.75, 3.05) is 32.2 Å². The first-order valence-electron chi connectivity index (χ1n) is 10.1. The van der Waals surface area contributed by atoms with Crippen LogP contribution >= 0.6 is 0 Å². The van der Waals surface area contributed by atoms with Gasteiger partial charge in [0.1, 0.15) is 11.8 Å². The third-order valence-electron chi connectivity index (χ3n) is 5.84. The number of hydrogen-bond acceptors (Lipinski definition) is 5. The molecule has 1 aliphatic carbocycles. The number of nitrogens with zero attached hydrogens (tertiary/aromatic N) is 4. The van der Waals surface area contributed by atoms with Gasteiger partial charge in [-0.15, -0.1) is 0 Å². The van der Waals surface area contributed by atoms with E-state index in [4.69, 9.17) is 5.73 Å². The standard InChI is InChI=1S/C21H31N5O2/c1-24(16-9-5-3-6-10-16)13-14-25(2)21(28)18-15-19(20(22)27)26(23-18)17-11-7-4-8-12-17/h4,7-8,11-12,16,19H,3,5-6,9-10,13-15H2,1-2H3,(H2,22,27). The number of carbonyl (C=O) groups excluding carboxylic acids is 2. The van der Waals surface area contributed by atoms with E-state index in [0.29, 0.717) is 18.3 Å². The fourth-order valence-electron chi connectivity index (χ4n) is 4.01. The lowest BCUT2D eigenvalue weighted by molar-refractivity contribution is -0.123. The number of hydrogen-bond donors (Lipinski definition) is 1. The highest BCUT2D eigenvalue weighted by atomic mass is 16.2. The van der Waals surface area contributed by atoms with E-state index >= 15 is 0 Å². The maximum atomic E-state index is 12.9. The number of nitrogens with two attached hydrogens (primary N) is 1. The fourth-order valence-corrected chi connectivity index (χ4v) is 4.01. The van der Waals surface area contributed by atoms with Crippen molar-refractivity contribution in [3.63, 3.8) is 0 Å². The summed E-state index contributed by atoms with van der Waals surface area (Å²) in [6.45, 7) is 1.47. The minimum absolute atomic E-state index is 0.137. The summed E-state index contributed by atoms with van der Waals surface area (Å²) in [6, 6.07) is 9.34. The van der Waals surface area contributed by atoms with Gasteiger partial charge in [-0.25, -0.2) is 0 Å². The molecule has 7 heteroatoms. The van der Waals surface area contributed by atoms with Gasteiger partial charge in [-0.05, 0) is 32.0 Å². The topological polar surface area (TPSA) is 82.2 Å². The van der Waals surface area contributed by atoms with Gasteiger partial charge < -0.3 is 15.5 Å². The molecule has 2 amide bonds. The zero-order valence-corrected chi connectivity index (χ0v) is 16.9. The van der Waals surface area contributed by atoms with Crippen LogP contribution in [0.15, 0.2) is 35.4 Å². The van der Waals surface area contributed by atoms with Gasteiger partial charge in [-0.3, -0.25) is 14.6 Å². The van der Waals surface area contributed by atoms with Gasteiger partial charge in [0.2, 0.25) is 5.91 Å². The zero-order valence-electron chi connectivity index (χ0n) is 16.9. The van der Waals surface area contributed by atoms with Gasteiger partial charge in [0.25, 0.3) is 5.91 Å². The second-order valence-electron chi connectivity index (χ2n) is 7.85. The van der Waals surface area contributed by atoms with Crippen molar-refractivity contribution in [3.05, 3.63) is 30.3 Å². The molecule has 1 heterocycles. The highest BCUT2D eigenvalue weighted by molar-refractivity contribution is 6.40. The van der Waals surface area contributed by atoms with Crippen LogP contribution in [0.5, 0.6) is 0 Å². The number of carbonyl (C=O) groups is 2. The molecule has 0 bridgehead atoms. The Labute approximate surface area is 167 Å². The molecule has 1 aliphatic heterocycles. The molecule has 2 N–H and O–H groups in total. The van der Waals surface area contributed by atoms with Crippen LogP contribution in [0.25, 0.3) is 0 Å². The van der Waals surface area contributed by atoms with Crippen LogP contribution < -0.4 is 10.7 Å². The maximum Gasteiger partial charge on any atom is 0.269 e. The SMILES string of the molecule is CN(CCN(C)C1CCCCC1)C(=O)C1=NN(c2ccccc2)C(C(N)=O)C1. The molecule has 2 aliphatic rings. The van der Waals surface area contributed by atoms with Crippen molar-refractivity contribution in [1.82, 2.24) is 9.80 Å². The molecule has 0 radical (unpaired) electrons. The Morgan fingerprint density at radius 2 is 1.79 bits per heavy atom. The van der Waals surface area contributed by atoms with Crippen molar-refractivity contribution in [1.29, 1.82) is 0 Å². The van der Waals surface area contributed by atoms with Gasteiger partial charge in [0.05, 0.1) is 5.69 Å². The number of primary amides is 1. The number of rotatable bonds is 7. The maximum absolute atomic E-state index is 12.9. The van der Waals surface area contributed by atoms with Crippen LogP contribution in [0.2, 0.25) is 0 Å². The van der Waals surface area contributed by atoms with Crippen LogP contribution in [0.1, 0.15) is 38.5 Å². The average Bonchev–Trinajstić information content (AvgIpc) is 3.18. The number of para-hydroxylation sites is 1. The van der Waals surface area contributed by atoms with E-state index in [1.165, 1.54) is 32.1 Å². The molecule has 0 aromatic heterocycles. The minimum atomic E-state index is -0.625. The summed E-state index contributed by atoms with van der Waals surface area (Å²) >= 11 is 0. The van der Waals surface area contributed by atoms with E-state index in [1.807, 2.05) is 30.3 Å². The summed E-state index contributed by atoms with van der Waals surface area (Å²) in [7, 11) is 3.94. The van der Waals surface area contributed by atoms with Crippen molar-refractivity contribution >= 4 is 23.2 Å². The predicted molar refractivity (Wildman–Crippen MR) is 111 cm³/mol. The second kappa shape index (κ2) is 9.19. The van der Waals surface area contributed by atoms with Gasteiger partial charge in [0, 0.05) is 32.6 Å². The number of likely N-dealkylation sites (N-methyl/N-ethyl adjacent to an activating group) is 2. The van der Waals surface area contributed by atoms with Crippen LogP contribution in [-0.2, 0) is 9.59 Å². The molecule has 28 heavy (non-hydrogen) atoms. The highest BCUT2D eigenvalue weighted by Gasteiger charge is 2.35. The van der Waals surface area contributed by atoms with E-state index in [9.17, 15) is 9.59 Å². The van der Waals surface area contributed by atoms with Crippen LogP contribution in [0.3, 0.4) is 0 Å². The van der Waals surface area contributed by atoms with E-state index < -0.39 is 11.9 Å². The first-order chi connectivity index (χ1) is 13.5.